The summed E-state index contributed by atoms with van der Waals surface area (Å²) >= 11 is 1.33. The number of ether oxygens (including phenoxy) is 1. The molecule has 0 saturated heterocycles. The van der Waals surface area contributed by atoms with Gasteiger partial charge in [0.2, 0.25) is 5.91 Å². The zero-order valence-corrected chi connectivity index (χ0v) is 18.2. The zero-order chi connectivity index (χ0) is 23.0. The zero-order valence-electron chi connectivity index (χ0n) is 17.4. The van der Waals surface area contributed by atoms with Gasteiger partial charge in [-0.25, -0.2) is 9.37 Å². The lowest BCUT2D eigenvalue weighted by Crippen LogP contribution is -2.07. The number of nitriles is 1. The standard InChI is InChI=1S/C26H18FN3O2S/c27-22-3-1-2-20(14-22)16-32-23-11-6-18(7-12-23)8-13-25(31)30-26-29-24(17-33-26)21-9-4-19(15-28)5-10-21/h1-14,17H,16H2,(H,29,30,31)/b13-8+. The van der Waals surface area contributed by atoms with Crippen LogP contribution in [0.5, 0.6) is 5.75 Å². The summed E-state index contributed by atoms with van der Waals surface area (Å²) in [6, 6.07) is 22.7. The molecular weight excluding hydrogens is 437 g/mol. The van der Waals surface area contributed by atoms with Gasteiger partial charge < -0.3 is 4.74 Å². The van der Waals surface area contributed by atoms with E-state index in [-0.39, 0.29) is 18.3 Å². The predicted octanol–water partition coefficient (Wildman–Crippen LogP) is 6.05. The van der Waals surface area contributed by atoms with Gasteiger partial charge >= 0.3 is 0 Å². The molecule has 33 heavy (non-hydrogen) atoms. The van der Waals surface area contributed by atoms with Crippen molar-refractivity contribution in [3.05, 3.63) is 107 Å². The van der Waals surface area contributed by atoms with E-state index in [0.29, 0.717) is 16.4 Å². The molecule has 0 bridgehead atoms. The quantitative estimate of drug-likeness (QED) is 0.344. The summed E-state index contributed by atoms with van der Waals surface area (Å²) in [7, 11) is 0. The first-order chi connectivity index (χ1) is 16.1. The lowest BCUT2D eigenvalue weighted by Gasteiger charge is -2.06. The van der Waals surface area contributed by atoms with Gasteiger partial charge in [-0.15, -0.1) is 11.3 Å². The van der Waals surface area contributed by atoms with Crippen molar-refractivity contribution in [3.8, 4) is 23.1 Å². The molecule has 0 aliphatic rings. The number of aromatic nitrogens is 1. The number of amides is 1. The molecule has 7 heteroatoms. The number of rotatable bonds is 7. The summed E-state index contributed by atoms with van der Waals surface area (Å²) in [5, 5.41) is 14.0. The van der Waals surface area contributed by atoms with Gasteiger partial charge in [0.25, 0.3) is 0 Å². The van der Waals surface area contributed by atoms with Crippen LogP contribution in [0.15, 0.2) is 84.3 Å². The number of nitrogens with zero attached hydrogens (tertiary/aromatic N) is 2. The Kier molecular flexibility index (Phi) is 6.88. The summed E-state index contributed by atoms with van der Waals surface area (Å²) in [4.78, 5) is 16.7. The van der Waals surface area contributed by atoms with Crippen molar-refractivity contribution in [2.45, 2.75) is 6.61 Å². The van der Waals surface area contributed by atoms with Crippen LogP contribution in [0.4, 0.5) is 9.52 Å². The lowest BCUT2D eigenvalue weighted by molar-refractivity contribution is -0.111. The van der Waals surface area contributed by atoms with Crippen LogP contribution in [0.25, 0.3) is 17.3 Å². The first-order valence-electron chi connectivity index (χ1n) is 10.0. The summed E-state index contributed by atoms with van der Waals surface area (Å²) in [6.45, 7) is 0.271. The van der Waals surface area contributed by atoms with Gasteiger partial charge in [0.15, 0.2) is 5.13 Å². The number of halogens is 1. The van der Waals surface area contributed by atoms with Crippen molar-refractivity contribution in [1.29, 1.82) is 5.26 Å². The SMILES string of the molecule is N#Cc1ccc(-c2csc(NC(=O)/C=C/c3ccc(OCc4cccc(F)c4)cc3)n2)cc1. The van der Waals surface area contributed by atoms with Gasteiger partial charge in [-0.05, 0) is 53.6 Å². The van der Waals surface area contributed by atoms with Crippen molar-refractivity contribution in [2.24, 2.45) is 0 Å². The maximum Gasteiger partial charge on any atom is 0.250 e. The summed E-state index contributed by atoms with van der Waals surface area (Å²) in [6.07, 6.45) is 3.13. The molecule has 4 aromatic rings. The van der Waals surface area contributed by atoms with Gasteiger partial charge in [-0.1, -0.05) is 36.4 Å². The van der Waals surface area contributed by atoms with Crippen molar-refractivity contribution in [2.75, 3.05) is 5.32 Å². The van der Waals surface area contributed by atoms with Crippen LogP contribution < -0.4 is 10.1 Å². The Labute approximate surface area is 194 Å². The van der Waals surface area contributed by atoms with E-state index in [1.807, 2.05) is 29.6 Å². The van der Waals surface area contributed by atoms with E-state index in [0.717, 1.165) is 22.4 Å². The number of carbonyl (C=O) groups is 1. The number of carbonyl (C=O) groups excluding carboxylic acids is 1. The Morgan fingerprint density at radius 2 is 1.91 bits per heavy atom. The predicted molar refractivity (Wildman–Crippen MR) is 127 cm³/mol. The molecule has 1 amide bonds. The second-order valence-corrected chi connectivity index (χ2v) is 7.90. The van der Waals surface area contributed by atoms with Gasteiger partial charge in [0, 0.05) is 17.0 Å². The first-order valence-corrected chi connectivity index (χ1v) is 10.9. The van der Waals surface area contributed by atoms with E-state index < -0.39 is 0 Å². The maximum absolute atomic E-state index is 13.2. The fourth-order valence-electron chi connectivity index (χ4n) is 2.97. The van der Waals surface area contributed by atoms with Crippen LogP contribution in [-0.4, -0.2) is 10.9 Å². The van der Waals surface area contributed by atoms with E-state index in [4.69, 9.17) is 10.00 Å². The Morgan fingerprint density at radius 3 is 2.64 bits per heavy atom. The summed E-state index contributed by atoms with van der Waals surface area (Å²) < 4.78 is 18.9. The molecule has 162 valence electrons. The summed E-state index contributed by atoms with van der Waals surface area (Å²) in [5.41, 5.74) is 3.78. The van der Waals surface area contributed by atoms with Crippen LogP contribution in [0.1, 0.15) is 16.7 Å². The van der Waals surface area contributed by atoms with Crippen LogP contribution in [0, 0.1) is 17.1 Å². The highest BCUT2D eigenvalue weighted by molar-refractivity contribution is 7.14. The number of nitrogens with one attached hydrogen (secondary N) is 1. The second-order valence-electron chi connectivity index (χ2n) is 7.04. The highest BCUT2D eigenvalue weighted by atomic mass is 32.1. The lowest BCUT2D eigenvalue weighted by atomic mass is 10.1. The van der Waals surface area contributed by atoms with Gasteiger partial charge in [-0.2, -0.15) is 5.26 Å². The average Bonchev–Trinajstić information content (AvgIpc) is 3.30. The Bertz CT molecular complexity index is 1320. The van der Waals surface area contributed by atoms with Gasteiger partial charge in [0.1, 0.15) is 18.2 Å². The van der Waals surface area contributed by atoms with Crippen molar-refractivity contribution >= 4 is 28.5 Å². The number of hydrogen-bond acceptors (Lipinski definition) is 5. The molecule has 0 fully saturated rings. The average molecular weight is 456 g/mol. The second kappa shape index (κ2) is 10.4. The Balaban J connectivity index is 1.30. The monoisotopic (exact) mass is 455 g/mol. The molecule has 0 unspecified atom stereocenters. The van der Waals surface area contributed by atoms with Crippen LogP contribution in [0.3, 0.4) is 0 Å². The van der Waals surface area contributed by atoms with Crippen molar-refractivity contribution in [1.82, 2.24) is 4.98 Å². The molecule has 1 heterocycles. The van der Waals surface area contributed by atoms with Gasteiger partial charge in [0.05, 0.1) is 17.3 Å². The van der Waals surface area contributed by atoms with E-state index in [1.54, 1.807) is 42.5 Å². The number of thiazole rings is 1. The minimum atomic E-state index is -0.293. The normalized spacial score (nSPS) is 10.7. The Hall–Kier alpha value is -4.28. The fourth-order valence-corrected chi connectivity index (χ4v) is 3.69. The number of benzene rings is 3. The van der Waals surface area contributed by atoms with Crippen LogP contribution in [-0.2, 0) is 11.4 Å². The molecule has 4 rings (SSSR count). The third-order valence-corrected chi connectivity index (χ3v) is 5.40. The topological polar surface area (TPSA) is 75.0 Å². The molecule has 3 aromatic carbocycles. The molecule has 0 aliphatic carbocycles. The van der Waals surface area contributed by atoms with E-state index in [1.165, 1.54) is 29.5 Å². The molecule has 0 saturated carbocycles. The number of anilines is 1. The highest BCUT2D eigenvalue weighted by Crippen LogP contribution is 2.25. The van der Waals surface area contributed by atoms with Crippen molar-refractivity contribution < 1.29 is 13.9 Å². The molecule has 0 aliphatic heterocycles. The third kappa shape index (κ3) is 6.12. The van der Waals surface area contributed by atoms with Crippen LogP contribution >= 0.6 is 11.3 Å². The highest BCUT2D eigenvalue weighted by Gasteiger charge is 2.07. The minimum absolute atomic E-state index is 0.271. The van der Waals surface area contributed by atoms with Crippen LogP contribution in [0.2, 0.25) is 0 Å². The van der Waals surface area contributed by atoms with E-state index in [9.17, 15) is 9.18 Å². The maximum atomic E-state index is 13.2. The fraction of sp³-hybridized carbons (Fsp3) is 0.0385. The smallest absolute Gasteiger partial charge is 0.250 e. The van der Waals surface area contributed by atoms with E-state index in [2.05, 4.69) is 16.4 Å². The summed E-state index contributed by atoms with van der Waals surface area (Å²) in [5.74, 6) is 0.0687. The molecule has 5 nitrogen and oxygen atoms in total. The van der Waals surface area contributed by atoms with E-state index >= 15 is 0 Å². The minimum Gasteiger partial charge on any atom is -0.489 e. The molecule has 0 radical (unpaired) electrons. The molecule has 1 N–H and O–H groups in total. The molecule has 1 aromatic heterocycles. The van der Waals surface area contributed by atoms with Gasteiger partial charge in [-0.3, -0.25) is 10.1 Å². The molecule has 0 spiro atoms. The Morgan fingerprint density at radius 1 is 1.12 bits per heavy atom. The third-order valence-electron chi connectivity index (χ3n) is 4.65. The molecular formula is C26H18FN3O2S. The molecule has 0 atom stereocenters. The number of hydrogen-bond donors (Lipinski definition) is 1. The first kappa shape index (κ1) is 21.9. The largest absolute Gasteiger partial charge is 0.489 e. The van der Waals surface area contributed by atoms with Crippen molar-refractivity contribution in [3.63, 3.8) is 0 Å².